The molecule has 2 unspecified atom stereocenters. The largest absolute Gasteiger partial charge is 0.434 e. The van der Waals surface area contributed by atoms with Gasteiger partial charge in [-0.15, -0.1) is 0 Å². The zero-order valence-corrected chi connectivity index (χ0v) is 19.1. The van der Waals surface area contributed by atoms with Gasteiger partial charge in [0, 0.05) is 25.8 Å². The number of hydrogen-bond donors (Lipinski definition) is 3. The van der Waals surface area contributed by atoms with Crippen LogP contribution in [-0.2, 0) is 11.0 Å². The summed E-state index contributed by atoms with van der Waals surface area (Å²) in [6.07, 6.45) is 3.14. The molecule has 1 aromatic rings. The summed E-state index contributed by atoms with van der Waals surface area (Å²) in [6.45, 7) is 4.73. The minimum absolute atomic E-state index is 0.0920. The molecule has 5 rings (SSSR count). The Labute approximate surface area is 190 Å². The molecule has 4 bridgehead atoms. The molecule has 0 aliphatic heterocycles. The predicted octanol–water partition coefficient (Wildman–Crippen LogP) is 3.20. The van der Waals surface area contributed by atoms with E-state index in [1.807, 2.05) is 0 Å². The second kappa shape index (κ2) is 8.14. The van der Waals surface area contributed by atoms with Gasteiger partial charge in [-0.2, -0.15) is 18.3 Å². The molecular formula is C23H31F3N4O3. The number of carbonyl (C=O) groups excluding carboxylic acids is 2. The number of aliphatic hydroxyl groups is 1. The van der Waals surface area contributed by atoms with Gasteiger partial charge < -0.3 is 15.7 Å². The molecule has 7 nitrogen and oxygen atoms in total. The molecule has 4 aliphatic carbocycles. The fraction of sp³-hybridized carbons (Fsp3) is 0.696. The van der Waals surface area contributed by atoms with Crippen LogP contribution in [0.3, 0.4) is 0 Å². The highest BCUT2D eigenvalue weighted by atomic mass is 19.4. The van der Waals surface area contributed by atoms with Crippen LogP contribution in [0.4, 0.5) is 13.2 Å². The van der Waals surface area contributed by atoms with Gasteiger partial charge in [0.15, 0.2) is 5.69 Å². The van der Waals surface area contributed by atoms with Crippen molar-refractivity contribution in [1.82, 2.24) is 20.4 Å². The Bertz CT molecular complexity index is 953. The summed E-state index contributed by atoms with van der Waals surface area (Å²) >= 11 is 0. The maximum atomic E-state index is 13.9. The maximum absolute atomic E-state index is 13.9. The highest BCUT2D eigenvalue weighted by molar-refractivity contribution is 5.95. The normalized spacial score (nSPS) is 31.2. The van der Waals surface area contributed by atoms with Crippen molar-refractivity contribution in [2.75, 3.05) is 6.61 Å². The minimum atomic E-state index is -4.79. The maximum Gasteiger partial charge on any atom is 0.434 e. The third-order valence-electron chi connectivity index (χ3n) is 7.47. The van der Waals surface area contributed by atoms with E-state index >= 15 is 0 Å². The lowest BCUT2D eigenvalue weighted by atomic mass is 9.48. The van der Waals surface area contributed by atoms with Crippen LogP contribution in [0.1, 0.15) is 68.9 Å². The first-order valence-electron chi connectivity index (χ1n) is 11.4. The number of carbonyl (C=O) groups is 2. The molecule has 2 atom stereocenters. The molecule has 10 heteroatoms. The zero-order chi connectivity index (χ0) is 24.2. The van der Waals surface area contributed by atoms with E-state index in [1.165, 1.54) is 13.0 Å². The van der Waals surface area contributed by atoms with Gasteiger partial charge in [-0.1, -0.05) is 0 Å². The van der Waals surface area contributed by atoms with E-state index in [0.29, 0.717) is 10.6 Å². The Balaban J connectivity index is 1.56. The van der Waals surface area contributed by atoms with Crippen molar-refractivity contribution in [3.63, 3.8) is 0 Å². The molecular weight excluding hydrogens is 437 g/mol. The Kier molecular flexibility index (Phi) is 5.87. The molecule has 4 saturated carbocycles. The van der Waals surface area contributed by atoms with Gasteiger partial charge in [0.1, 0.15) is 0 Å². The quantitative estimate of drug-likeness (QED) is 0.598. The number of aromatic nitrogens is 2. The molecule has 4 aliphatic rings. The van der Waals surface area contributed by atoms with E-state index in [4.69, 9.17) is 0 Å². The third kappa shape index (κ3) is 4.67. The van der Waals surface area contributed by atoms with Crippen molar-refractivity contribution in [2.24, 2.45) is 23.2 Å². The number of rotatable bonds is 6. The monoisotopic (exact) mass is 468 g/mol. The lowest BCUT2D eigenvalue weighted by molar-refractivity contribution is -0.143. The highest BCUT2D eigenvalue weighted by Crippen LogP contribution is 2.59. The van der Waals surface area contributed by atoms with Crippen LogP contribution in [0.5, 0.6) is 0 Å². The fourth-order valence-corrected chi connectivity index (χ4v) is 6.53. The molecule has 3 N–H and O–H groups in total. The fourth-order valence-electron chi connectivity index (χ4n) is 6.53. The van der Waals surface area contributed by atoms with Crippen LogP contribution < -0.4 is 10.6 Å². The molecule has 4 fully saturated rings. The average molecular weight is 469 g/mol. The van der Waals surface area contributed by atoms with E-state index in [0.717, 1.165) is 44.5 Å². The van der Waals surface area contributed by atoms with Gasteiger partial charge in [0.25, 0.3) is 5.91 Å². The van der Waals surface area contributed by atoms with Gasteiger partial charge in [-0.3, -0.25) is 9.59 Å². The number of alkyl halides is 3. The zero-order valence-electron chi connectivity index (χ0n) is 19.1. The van der Waals surface area contributed by atoms with E-state index in [9.17, 15) is 27.9 Å². The second-order valence-corrected chi connectivity index (χ2v) is 10.7. The number of hydrogen-bond acceptors (Lipinski definition) is 4. The Morgan fingerprint density at radius 3 is 2.42 bits per heavy atom. The first kappa shape index (κ1) is 23.8. The van der Waals surface area contributed by atoms with Gasteiger partial charge in [-0.05, 0) is 75.2 Å². The van der Waals surface area contributed by atoms with Crippen LogP contribution in [0.15, 0.2) is 12.3 Å². The SMILES string of the molecule is CC(=O)NC(C)(C)/C=C/n1ncc(C(=O)N[C@H]2C3CC4CC2C[C@](CO)(C4)C3)c1C(F)(F)F. The molecule has 0 aromatic carbocycles. The van der Waals surface area contributed by atoms with Gasteiger partial charge in [-0.25, -0.2) is 4.68 Å². The van der Waals surface area contributed by atoms with Crippen molar-refractivity contribution in [3.05, 3.63) is 23.5 Å². The Morgan fingerprint density at radius 1 is 1.24 bits per heavy atom. The summed E-state index contributed by atoms with van der Waals surface area (Å²) in [5, 5.41) is 19.2. The first-order valence-corrected chi connectivity index (χ1v) is 11.4. The van der Waals surface area contributed by atoms with E-state index in [-0.39, 0.29) is 35.8 Å². The third-order valence-corrected chi connectivity index (χ3v) is 7.47. The van der Waals surface area contributed by atoms with Crippen LogP contribution >= 0.6 is 0 Å². The lowest BCUT2D eigenvalue weighted by Gasteiger charge is -2.59. The van der Waals surface area contributed by atoms with E-state index in [1.54, 1.807) is 13.8 Å². The van der Waals surface area contributed by atoms with Crippen molar-refractivity contribution in [1.29, 1.82) is 0 Å². The molecule has 0 radical (unpaired) electrons. The number of aliphatic hydroxyl groups excluding tert-OH is 1. The Morgan fingerprint density at radius 2 is 1.88 bits per heavy atom. The number of nitrogens with one attached hydrogen (secondary N) is 2. The molecule has 0 saturated heterocycles. The summed E-state index contributed by atoms with van der Waals surface area (Å²) in [4.78, 5) is 24.3. The average Bonchev–Trinajstić information content (AvgIpc) is 3.12. The number of halogens is 3. The predicted molar refractivity (Wildman–Crippen MR) is 115 cm³/mol. The van der Waals surface area contributed by atoms with Crippen molar-refractivity contribution in [2.45, 2.75) is 70.6 Å². The summed E-state index contributed by atoms with van der Waals surface area (Å²) in [5.41, 5.74) is -2.65. The minimum Gasteiger partial charge on any atom is -0.396 e. The second-order valence-electron chi connectivity index (χ2n) is 10.7. The van der Waals surface area contributed by atoms with Crippen LogP contribution in [-0.4, -0.2) is 44.9 Å². The van der Waals surface area contributed by atoms with Gasteiger partial charge >= 0.3 is 6.18 Å². The molecule has 0 spiro atoms. The van der Waals surface area contributed by atoms with E-state index < -0.39 is 28.9 Å². The standard InChI is InChI=1S/C23H31F3N4O3/c1-13(32)29-21(2,3)4-5-30-19(23(24,25)26)17(11-27-30)20(33)28-18-15-6-14-7-16(18)10-22(8-14,9-15)12-31/h4-5,11,14-16,18,31H,6-10,12H2,1-3H3,(H,28,33)(H,29,32)/b5-4+/t14?,15?,16?,18-,22-. The number of amides is 2. The van der Waals surface area contributed by atoms with Gasteiger partial charge in [0.2, 0.25) is 5.91 Å². The Hall–Kier alpha value is -2.36. The molecule has 1 aromatic heterocycles. The smallest absolute Gasteiger partial charge is 0.396 e. The van der Waals surface area contributed by atoms with Crippen LogP contribution in [0.25, 0.3) is 6.20 Å². The lowest BCUT2D eigenvalue weighted by Crippen LogP contribution is -2.60. The van der Waals surface area contributed by atoms with Crippen molar-refractivity contribution < 1.29 is 27.9 Å². The summed E-state index contributed by atoms with van der Waals surface area (Å²) in [7, 11) is 0. The van der Waals surface area contributed by atoms with Gasteiger partial charge in [0.05, 0.1) is 17.3 Å². The van der Waals surface area contributed by atoms with Crippen LogP contribution in [0, 0.1) is 23.2 Å². The summed E-state index contributed by atoms with van der Waals surface area (Å²) < 4.78 is 42.4. The molecule has 182 valence electrons. The highest BCUT2D eigenvalue weighted by Gasteiger charge is 2.55. The van der Waals surface area contributed by atoms with E-state index in [2.05, 4.69) is 15.7 Å². The summed E-state index contributed by atoms with van der Waals surface area (Å²) in [6, 6.07) is -0.188. The van der Waals surface area contributed by atoms with Crippen molar-refractivity contribution >= 4 is 18.0 Å². The topological polar surface area (TPSA) is 96.2 Å². The van der Waals surface area contributed by atoms with Crippen molar-refractivity contribution in [3.8, 4) is 0 Å². The van der Waals surface area contributed by atoms with Crippen LogP contribution in [0.2, 0.25) is 0 Å². The number of nitrogens with zero attached hydrogens (tertiary/aromatic N) is 2. The first-order chi connectivity index (χ1) is 15.3. The molecule has 1 heterocycles. The summed E-state index contributed by atoms with van der Waals surface area (Å²) in [5.74, 6) is -0.225. The molecule has 33 heavy (non-hydrogen) atoms. The molecule has 2 amide bonds.